The molecule has 1 saturated heterocycles. The van der Waals surface area contributed by atoms with Gasteiger partial charge in [-0.1, -0.05) is 15.9 Å². The van der Waals surface area contributed by atoms with E-state index in [0.717, 1.165) is 19.6 Å². The van der Waals surface area contributed by atoms with Gasteiger partial charge in [-0.15, -0.1) is 0 Å². The maximum absolute atomic E-state index is 3.55. The van der Waals surface area contributed by atoms with Crippen LogP contribution in [0.3, 0.4) is 0 Å². The minimum atomic E-state index is 0.193. The van der Waals surface area contributed by atoms with Gasteiger partial charge < -0.3 is 10.2 Å². The molecule has 1 aromatic carbocycles. The summed E-state index contributed by atoms with van der Waals surface area (Å²) in [5.74, 6) is 0. The first-order valence-corrected chi connectivity index (χ1v) is 6.54. The number of hydrogen-bond acceptors (Lipinski definition) is 2. The lowest BCUT2D eigenvalue weighted by Crippen LogP contribution is -2.58. The molecule has 0 amide bonds. The van der Waals surface area contributed by atoms with Gasteiger partial charge in [0.1, 0.15) is 0 Å². The van der Waals surface area contributed by atoms with E-state index in [2.05, 4.69) is 65.1 Å². The van der Waals surface area contributed by atoms with E-state index in [4.69, 9.17) is 0 Å². The summed E-state index contributed by atoms with van der Waals surface area (Å²) in [6, 6.07) is 6.60. The van der Waals surface area contributed by atoms with Gasteiger partial charge in [0.15, 0.2) is 0 Å². The molecular formula is C13H19BrN2. The summed E-state index contributed by atoms with van der Waals surface area (Å²) in [4.78, 5) is 2.49. The second-order valence-corrected chi connectivity index (χ2v) is 5.93. The summed E-state index contributed by atoms with van der Waals surface area (Å²) >= 11 is 3.55. The van der Waals surface area contributed by atoms with Gasteiger partial charge in [0.05, 0.1) is 0 Å². The van der Waals surface area contributed by atoms with E-state index >= 15 is 0 Å². The van der Waals surface area contributed by atoms with Crippen LogP contribution in [0.1, 0.15) is 19.4 Å². The summed E-state index contributed by atoms with van der Waals surface area (Å²) in [5, 5.41) is 3.45. The van der Waals surface area contributed by atoms with E-state index in [1.54, 1.807) is 0 Å². The Balaban J connectivity index is 2.31. The fraction of sp³-hybridized carbons (Fsp3) is 0.538. The highest BCUT2D eigenvalue weighted by Crippen LogP contribution is 2.28. The van der Waals surface area contributed by atoms with Gasteiger partial charge in [-0.05, 0) is 44.5 Å². The first kappa shape index (κ1) is 11.9. The Kier molecular flexibility index (Phi) is 3.27. The molecule has 1 aliphatic rings. The van der Waals surface area contributed by atoms with Crippen LogP contribution < -0.4 is 10.2 Å². The van der Waals surface area contributed by atoms with Crippen molar-refractivity contribution in [3.63, 3.8) is 0 Å². The van der Waals surface area contributed by atoms with Crippen molar-refractivity contribution in [1.29, 1.82) is 0 Å². The van der Waals surface area contributed by atoms with Crippen LogP contribution in [0.4, 0.5) is 5.69 Å². The number of rotatable bonds is 1. The topological polar surface area (TPSA) is 15.3 Å². The quantitative estimate of drug-likeness (QED) is 0.852. The summed E-state index contributed by atoms with van der Waals surface area (Å²) < 4.78 is 1.18. The minimum Gasteiger partial charge on any atom is -0.364 e. The molecule has 1 aromatic rings. The first-order chi connectivity index (χ1) is 7.50. The van der Waals surface area contributed by atoms with Gasteiger partial charge >= 0.3 is 0 Å². The number of piperazine rings is 1. The van der Waals surface area contributed by atoms with Crippen LogP contribution >= 0.6 is 15.9 Å². The third-order valence-electron chi connectivity index (χ3n) is 3.25. The predicted octanol–water partition coefficient (Wildman–Crippen LogP) is 2.95. The van der Waals surface area contributed by atoms with E-state index < -0.39 is 0 Å². The molecule has 0 aliphatic carbocycles. The average molecular weight is 283 g/mol. The van der Waals surface area contributed by atoms with Crippen molar-refractivity contribution in [1.82, 2.24) is 5.32 Å². The van der Waals surface area contributed by atoms with Gasteiger partial charge in [-0.25, -0.2) is 0 Å². The molecule has 2 nitrogen and oxygen atoms in total. The molecule has 0 spiro atoms. The molecule has 1 N–H and O–H groups in total. The molecule has 2 rings (SSSR count). The van der Waals surface area contributed by atoms with Crippen molar-refractivity contribution in [2.75, 3.05) is 24.5 Å². The van der Waals surface area contributed by atoms with E-state index in [0.29, 0.717) is 0 Å². The molecule has 1 heterocycles. The summed E-state index contributed by atoms with van der Waals surface area (Å²) in [6.07, 6.45) is 0. The Hall–Kier alpha value is -0.540. The molecule has 3 heteroatoms. The van der Waals surface area contributed by atoms with E-state index in [1.807, 2.05) is 0 Å². The molecule has 0 radical (unpaired) electrons. The smallest absolute Gasteiger partial charge is 0.0470 e. The second kappa shape index (κ2) is 4.38. The third kappa shape index (κ3) is 2.25. The number of nitrogens with zero attached hydrogens (tertiary/aromatic N) is 1. The minimum absolute atomic E-state index is 0.193. The van der Waals surface area contributed by atoms with Gasteiger partial charge in [-0.2, -0.15) is 0 Å². The Labute approximate surface area is 106 Å². The number of hydrogen-bond donors (Lipinski definition) is 1. The normalized spacial score (nSPS) is 19.9. The molecule has 1 aliphatic heterocycles. The highest BCUT2D eigenvalue weighted by molar-refractivity contribution is 9.10. The monoisotopic (exact) mass is 282 g/mol. The number of benzene rings is 1. The van der Waals surface area contributed by atoms with E-state index in [-0.39, 0.29) is 5.54 Å². The van der Waals surface area contributed by atoms with Crippen LogP contribution in [-0.2, 0) is 0 Å². The molecule has 16 heavy (non-hydrogen) atoms. The fourth-order valence-electron chi connectivity index (χ4n) is 2.26. The van der Waals surface area contributed by atoms with Crippen LogP contribution in [-0.4, -0.2) is 25.2 Å². The summed E-state index contributed by atoms with van der Waals surface area (Å²) in [5.41, 5.74) is 2.82. The average Bonchev–Trinajstić information content (AvgIpc) is 2.22. The van der Waals surface area contributed by atoms with Crippen LogP contribution in [0.2, 0.25) is 0 Å². The largest absolute Gasteiger partial charge is 0.364 e. The predicted molar refractivity (Wildman–Crippen MR) is 73.2 cm³/mol. The molecule has 0 unspecified atom stereocenters. The summed E-state index contributed by atoms with van der Waals surface area (Å²) in [6.45, 7) is 9.91. The van der Waals surface area contributed by atoms with Crippen molar-refractivity contribution in [3.05, 3.63) is 28.2 Å². The van der Waals surface area contributed by atoms with Crippen LogP contribution in [0, 0.1) is 6.92 Å². The van der Waals surface area contributed by atoms with Gasteiger partial charge in [-0.3, -0.25) is 0 Å². The zero-order valence-corrected chi connectivity index (χ0v) is 11.8. The van der Waals surface area contributed by atoms with Crippen molar-refractivity contribution >= 4 is 21.6 Å². The van der Waals surface area contributed by atoms with E-state index in [9.17, 15) is 0 Å². The van der Waals surface area contributed by atoms with Crippen LogP contribution in [0.5, 0.6) is 0 Å². The zero-order chi connectivity index (χ0) is 11.8. The standard InChI is InChI=1S/C13H19BrN2/c1-10-8-11(4-5-12(10)14)16-7-6-15-9-13(16,2)3/h4-5,8,15H,6-7,9H2,1-3H3. The van der Waals surface area contributed by atoms with E-state index in [1.165, 1.54) is 15.7 Å². The highest BCUT2D eigenvalue weighted by Gasteiger charge is 2.29. The number of anilines is 1. The second-order valence-electron chi connectivity index (χ2n) is 5.07. The maximum atomic E-state index is 3.55. The molecule has 0 bridgehead atoms. The molecule has 0 aromatic heterocycles. The van der Waals surface area contributed by atoms with Crippen molar-refractivity contribution in [3.8, 4) is 0 Å². The van der Waals surface area contributed by atoms with Crippen LogP contribution in [0.25, 0.3) is 0 Å². The third-order valence-corrected chi connectivity index (χ3v) is 4.14. The fourth-order valence-corrected chi connectivity index (χ4v) is 2.51. The Bertz CT molecular complexity index is 388. The SMILES string of the molecule is Cc1cc(N2CCNCC2(C)C)ccc1Br. The molecule has 88 valence electrons. The lowest BCUT2D eigenvalue weighted by Gasteiger charge is -2.44. The van der Waals surface area contributed by atoms with Crippen molar-refractivity contribution < 1.29 is 0 Å². The lowest BCUT2D eigenvalue weighted by molar-refractivity contribution is 0.380. The summed E-state index contributed by atoms with van der Waals surface area (Å²) in [7, 11) is 0. The number of halogens is 1. The lowest BCUT2D eigenvalue weighted by atomic mass is 9.99. The van der Waals surface area contributed by atoms with Crippen LogP contribution in [0.15, 0.2) is 22.7 Å². The zero-order valence-electron chi connectivity index (χ0n) is 10.2. The molecule has 1 fully saturated rings. The molecular weight excluding hydrogens is 264 g/mol. The Morgan fingerprint density at radius 2 is 2.12 bits per heavy atom. The van der Waals surface area contributed by atoms with Crippen molar-refractivity contribution in [2.45, 2.75) is 26.3 Å². The molecule has 0 atom stereocenters. The first-order valence-electron chi connectivity index (χ1n) is 5.75. The van der Waals surface area contributed by atoms with Gasteiger partial charge in [0, 0.05) is 35.3 Å². The van der Waals surface area contributed by atoms with Gasteiger partial charge in [0.2, 0.25) is 0 Å². The Morgan fingerprint density at radius 3 is 2.75 bits per heavy atom. The van der Waals surface area contributed by atoms with Gasteiger partial charge in [0.25, 0.3) is 0 Å². The number of nitrogens with one attached hydrogen (secondary N) is 1. The maximum Gasteiger partial charge on any atom is 0.0470 e. The number of aryl methyl sites for hydroxylation is 1. The van der Waals surface area contributed by atoms with Crippen molar-refractivity contribution in [2.24, 2.45) is 0 Å². The Morgan fingerprint density at radius 1 is 1.38 bits per heavy atom. The molecule has 0 saturated carbocycles. The highest BCUT2D eigenvalue weighted by atomic mass is 79.9.